The van der Waals surface area contributed by atoms with E-state index in [-0.39, 0.29) is 11.6 Å². The maximum atomic E-state index is 12.4. The molecular formula is C16H10BrNO2. The van der Waals surface area contributed by atoms with Crippen molar-refractivity contribution < 1.29 is 9.59 Å². The number of carbonyl (C=O) groups is 2. The van der Waals surface area contributed by atoms with Gasteiger partial charge < -0.3 is 5.32 Å². The fraction of sp³-hybridized carbons (Fsp3) is 0. The van der Waals surface area contributed by atoms with Crippen LogP contribution < -0.4 is 5.32 Å². The van der Waals surface area contributed by atoms with Gasteiger partial charge in [0, 0.05) is 27.4 Å². The Morgan fingerprint density at radius 3 is 2.40 bits per heavy atom. The van der Waals surface area contributed by atoms with E-state index in [9.17, 15) is 9.59 Å². The molecule has 0 unspecified atom stereocenters. The van der Waals surface area contributed by atoms with Crippen LogP contribution in [0.4, 0.5) is 5.69 Å². The third-order valence-corrected chi connectivity index (χ3v) is 3.55. The monoisotopic (exact) mass is 327 g/mol. The maximum Gasteiger partial charge on any atom is 0.210 e. The lowest BCUT2D eigenvalue weighted by Crippen LogP contribution is -2.21. The normalized spacial score (nSPS) is 13.8. The van der Waals surface area contributed by atoms with E-state index in [4.69, 9.17) is 0 Å². The summed E-state index contributed by atoms with van der Waals surface area (Å²) < 4.78 is 0.901. The summed E-state index contributed by atoms with van der Waals surface area (Å²) in [6.07, 6.45) is 1.35. The van der Waals surface area contributed by atoms with E-state index in [0.717, 1.165) is 10.2 Å². The van der Waals surface area contributed by atoms with Gasteiger partial charge in [0.2, 0.25) is 5.78 Å². The summed E-state index contributed by atoms with van der Waals surface area (Å²) in [4.78, 5) is 24.4. The SMILES string of the molecule is O=C1C=C(Nc2cccc(Br)c2)C(=O)c2ccccc21. The van der Waals surface area contributed by atoms with Crippen molar-refractivity contribution in [2.45, 2.75) is 0 Å². The number of anilines is 1. The zero-order chi connectivity index (χ0) is 14.1. The van der Waals surface area contributed by atoms with Gasteiger partial charge in [-0.05, 0) is 18.2 Å². The average molecular weight is 328 g/mol. The van der Waals surface area contributed by atoms with Crippen molar-refractivity contribution in [3.05, 3.63) is 75.9 Å². The van der Waals surface area contributed by atoms with Gasteiger partial charge >= 0.3 is 0 Å². The lowest BCUT2D eigenvalue weighted by Gasteiger charge is -2.16. The number of benzene rings is 2. The highest BCUT2D eigenvalue weighted by Gasteiger charge is 2.24. The van der Waals surface area contributed by atoms with Crippen molar-refractivity contribution >= 4 is 33.2 Å². The maximum absolute atomic E-state index is 12.4. The molecule has 0 saturated heterocycles. The average Bonchev–Trinajstić information content (AvgIpc) is 2.45. The molecule has 3 nitrogen and oxygen atoms in total. The Kier molecular flexibility index (Phi) is 3.24. The van der Waals surface area contributed by atoms with Crippen molar-refractivity contribution in [1.82, 2.24) is 0 Å². The summed E-state index contributed by atoms with van der Waals surface area (Å²) in [5.41, 5.74) is 1.95. The number of halogens is 1. The van der Waals surface area contributed by atoms with Crippen molar-refractivity contribution in [2.24, 2.45) is 0 Å². The van der Waals surface area contributed by atoms with Crippen LogP contribution in [0.15, 0.2) is 64.8 Å². The van der Waals surface area contributed by atoms with Gasteiger partial charge in [0.15, 0.2) is 5.78 Å². The van der Waals surface area contributed by atoms with Gasteiger partial charge in [0.25, 0.3) is 0 Å². The Morgan fingerprint density at radius 2 is 1.65 bits per heavy atom. The summed E-state index contributed by atoms with van der Waals surface area (Å²) in [7, 11) is 0. The van der Waals surface area contributed by atoms with Crippen LogP contribution in [0.5, 0.6) is 0 Å². The van der Waals surface area contributed by atoms with Crippen molar-refractivity contribution in [3.63, 3.8) is 0 Å². The first-order valence-electron chi connectivity index (χ1n) is 6.07. The Morgan fingerprint density at radius 1 is 0.900 bits per heavy atom. The molecule has 0 aliphatic heterocycles. The van der Waals surface area contributed by atoms with E-state index >= 15 is 0 Å². The van der Waals surface area contributed by atoms with E-state index in [2.05, 4.69) is 21.2 Å². The number of fused-ring (bicyclic) bond motifs is 1. The summed E-state index contributed by atoms with van der Waals surface area (Å²) >= 11 is 3.37. The molecule has 1 N–H and O–H groups in total. The molecule has 20 heavy (non-hydrogen) atoms. The highest BCUT2D eigenvalue weighted by Crippen LogP contribution is 2.23. The van der Waals surface area contributed by atoms with E-state index in [1.807, 2.05) is 24.3 Å². The van der Waals surface area contributed by atoms with Crippen LogP contribution in [0, 0.1) is 0 Å². The number of Topliss-reactive ketones (excluding diaryl/α,β-unsaturated/α-hetero) is 1. The smallest absolute Gasteiger partial charge is 0.210 e. The molecule has 0 saturated carbocycles. The van der Waals surface area contributed by atoms with Gasteiger partial charge in [-0.3, -0.25) is 9.59 Å². The van der Waals surface area contributed by atoms with Crippen molar-refractivity contribution in [2.75, 3.05) is 5.32 Å². The van der Waals surface area contributed by atoms with Crippen LogP contribution in [0.2, 0.25) is 0 Å². The lowest BCUT2D eigenvalue weighted by atomic mass is 9.92. The largest absolute Gasteiger partial charge is 0.352 e. The summed E-state index contributed by atoms with van der Waals surface area (Å²) in [6.45, 7) is 0. The molecule has 4 heteroatoms. The van der Waals surface area contributed by atoms with Gasteiger partial charge in [0.1, 0.15) is 0 Å². The fourth-order valence-electron chi connectivity index (χ4n) is 2.13. The first kappa shape index (κ1) is 12.8. The molecule has 0 aromatic heterocycles. The Labute approximate surface area is 124 Å². The second-order valence-electron chi connectivity index (χ2n) is 4.43. The standard InChI is InChI=1S/C16H10BrNO2/c17-10-4-3-5-11(8-10)18-14-9-15(19)12-6-1-2-7-13(12)16(14)20/h1-9,18H. The summed E-state index contributed by atoms with van der Waals surface area (Å²) in [6, 6.07) is 14.3. The Hall–Kier alpha value is -2.20. The molecule has 0 bridgehead atoms. The number of carbonyl (C=O) groups excluding carboxylic acids is 2. The number of rotatable bonds is 2. The molecule has 0 radical (unpaired) electrons. The molecule has 98 valence electrons. The second-order valence-corrected chi connectivity index (χ2v) is 5.35. The molecule has 0 amide bonds. The molecule has 2 aromatic carbocycles. The topological polar surface area (TPSA) is 46.2 Å². The van der Waals surface area contributed by atoms with E-state index in [0.29, 0.717) is 16.8 Å². The van der Waals surface area contributed by atoms with E-state index < -0.39 is 0 Å². The zero-order valence-electron chi connectivity index (χ0n) is 10.4. The van der Waals surface area contributed by atoms with Crippen LogP contribution in [0.1, 0.15) is 20.7 Å². The molecule has 0 heterocycles. The van der Waals surface area contributed by atoms with Crippen LogP contribution in [-0.4, -0.2) is 11.6 Å². The van der Waals surface area contributed by atoms with Crippen LogP contribution in [0.3, 0.4) is 0 Å². The van der Waals surface area contributed by atoms with Crippen LogP contribution in [0.25, 0.3) is 0 Å². The van der Waals surface area contributed by atoms with Gasteiger partial charge in [-0.2, -0.15) is 0 Å². The van der Waals surface area contributed by atoms with Gasteiger partial charge in [-0.1, -0.05) is 46.3 Å². The van der Waals surface area contributed by atoms with E-state index in [1.54, 1.807) is 24.3 Å². The Balaban J connectivity index is 1.96. The molecule has 0 fully saturated rings. The third-order valence-electron chi connectivity index (χ3n) is 3.06. The number of ketones is 2. The fourth-order valence-corrected chi connectivity index (χ4v) is 2.53. The molecule has 1 aliphatic carbocycles. The van der Waals surface area contributed by atoms with Crippen LogP contribution in [-0.2, 0) is 0 Å². The van der Waals surface area contributed by atoms with Gasteiger partial charge in [0.05, 0.1) is 5.70 Å². The summed E-state index contributed by atoms with van der Waals surface area (Å²) in [5.74, 6) is -0.321. The van der Waals surface area contributed by atoms with Crippen molar-refractivity contribution in [3.8, 4) is 0 Å². The Bertz CT molecular complexity index is 750. The summed E-state index contributed by atoms with van der Waals surface area (Å²) in [5, 5.41) is 3.00. The number of allylic oxidation sites excluding steroid dienone is 2. The minimum Gasteiger partial charge on any atom is -0.352 e. The first-order valence-corrected chi connectivity index (χ1v) is 6.87. The number of hydrogen-bond donors (Lipinski definition) is 1. The number of nitrogens with one attached hydrogen (secondary N) is 1. The minimum absolute atomic E-state index is 0.155. The van der Waals surface area contributed by atoms with Gasteiger partial charge in [-0.15, -0.1) is 0 Å². The molecule has 3 rings (SSSR count). The molecule has 2 aromatic rings. The van der Waals surface area contributed by atoms with Gasteiger partial charge in [-0.25, -0.2) is 0 Å². The molecular weight excluding hydrogens is 318 g/mol. The highest BCUT2D eigenvalue weighted by atomic mass is 79.9. The van der Waals surface area contributed by atoms with Crippen LogP contribution >= 0.6 is 15.9 Å². The second kappa shape index (κ2) is 5.06. The quantitative estimate of drug-likeness (QED) is 0.911. The minimum atomic E-state index is -0.167. The zero-order valence-corrected chi connectivity index (χ0v) is 12.0. The molecule has 0 spiro atoms. The molecule has 1 aliphatic rings. The highest BCUT2D eigenvalue weighted by molar-refractivity contribution is 9.10. The predicted octanol–water partition coefficient (Wildman–Crippen LogP) is 3.82. The third kappa shape index (κ3) is 2.30. The lowest BCUT2D eigenvalue weighted by molar-refractivity contribution is 0.0985. The van der Waals surface area contributed by atoms with E-state index in [1.165, 1.54) is 6.08 Å². The number of hydrogen-bond acceptors (Lipinski definition) is 3. The molecule has 0 atom stereocenters. The first-order chi connectivity index (χ1) is 9.65. The predicted molar refractivity (Wildman–Crippen MR) is 81.0 cm³/mol. The van der Waals surface area contributed by atoms with Crippen molar-refractivity contribution in [1.29, 1.82) is 0 Å².